The van der Waals surface area contributed by atoms with Crippen molar-refractivity contribution in [2.24, 2.45) is 0 Å². The van der Waals surface area contributed by atoms with Gasteiger partial charge < -0.3 is 9.84 Å². The minimum absolute atomic E-state index is 0.0464. The van der Waals surface area contributed by atoms with Crippen molar-refractivity contribution in [3.8, 4) is 0 Å². The molecule has 1 aromatic rings. The molecule has 1 aliphatic carbocycles. The van der Waals surface area contributed by atoms with E-state index < -0.39 is 17.4 Å². The van der Waals surface area contributed by atoms with Crippen LogP contribution in [0.4, 0.5) is 0 Å². The molecule has 0 saturated heterocycles. The monoisotopic (exact) mass is 284 g/mol. The lowest BCUT2D eigenvalue weighted by Gasteiger charge is -2.16. The molecule has 0 radical (unpaired) electrons. The van der Waals surface area contributed by atoms with Crippen LogP contribution in [-0.2, 0) is 16.0 Å². The first-order valence-corrected chi connectivity index (χ1v) is 5.43. The molecule has 4 nitrogen and oxygen atoms in total. The fraction of sp³-hybridized carbons (Fsp3) is 0.273. The van der Waals surface area contributed by atoms with Gasteiger partial charge in [0.25, 0.3) is 0 Å². The standard InChI is InChI=1S/C11H9BrO4/c1-16-10(14)11(15)5-7-6(9(11)13)3-2-4-8(7)12/h2-4,15H,5H2,1H3/t11-/m1/s1. The number of ketones is 1. The maximum Gasteiger partial charge on any atom is 0.346 e. The van der Waals surface area contributed by atoms with Gasteiger partial charge in [-0.2, -0.15) is 0 Å². The predicted octanol–water partition coefficient (Wildman–Crippen LogP) is 1.09. The summed E-state index contributed by atoms with van der Waals surface area (Å²) in [5, 5.41) is 10.0. The number of methoxy groups -OCH3 is 1. The van der Waals surface area contributed by atoms with E-state index in [-0.39, 0.29) is 6.42 Å². The first-order chi connectivity index (χ1) is 7.50. The van der Waals surface area contributed by atoms with E-state index in [0.717, 1.165) is 7.11 Å². The van der Waals surface area contributed by atoms with Gasteiger partial charge in [-0.1, -0.05) is 28.1 Å². The Bertz CT molecular complexity index is 483. The third-order valence-corrected chi connectivity index (χ3v) is 3.44. The molecule has 0 spiro atoms. The number of hydrogen-bond donors (Lipinski definition) is 1. The van der Waals surface area contributed by atoms with Crippen molar-refractivity contribution in [1.29, 1.82) is 0 Å². The lowest BCUT2D eigenvalue weighted by molar-refractivity contribution is -0.156. The summed E-state index contributed by atoms with van der Waals surface area (Å²) >= 11 is 3.28. The van der Waals surface area contributed by atoms with Gasteiger partial charge in [0.1, 0.15) is 0 Å². The third kappa shape index (κ3) is 1.39. The summed E-state index contributed by atoms with van der Waals surface area (Å²) in [6, 6.07) is 5.03. The molecule has 0 heterocycles. The van der Waals surface area contributed by atoms with Crippen LogP contribution in [0.2, 0.25) is 0 Å². The second-order valence-electron chi connectivity index (χ2n) is 3.62. The summed E-state index contributed by atoms with van der Waals surface area (Å²) in [4.78, 5) is 23.3. The molecule has 84 valence electrons. The first kappa shape index (κ1) is 11.3. The number of Topliss-reactive ketones (excluding diaryl/α,β-unsaturated/α-hetero) is 1. The molecule has 1 atom stereocenters. The predicted molar refractivity (Wildman–Crippen MR) is 59.1 cm³/mol. The van der Waals surface area contributed by atoms with Gasteiger partial charge in [-0.05, 0) is 11.6 Å². The van der Waals surface area contributed by atoms with Gasteiger partial charge in [-0.3, -0.25) is 4.79 Å². The van der Waals surface area contributed by atoms with Crippen LogP contribution in [-0.4, -0.2) is 29.6 Å². The highest BCUT2D eigenvalue weighted by Gasteiger charge is 2.51. The van der Waals surface area contributed by atoms with Gasteiger partial charge in [-0.15, -0.1) is 0 Å². The lowest BCUT2D eigenvalue weighted by atomic mass is 10.00. The zero-order valence-corrected chi connectivity index (χ0v) is 10.1. The first-order valence-electron chi connectivity index (χ1n) is 4.63. The fourth-order valence-electron chi connectivity index (χ4n) is 1.84. The van der Waals surface area contributed by atoms with E-state index in [9.17, 15) is 14.7 Å². The van der Waals surface area contributed by atoms with Gasteiger partial charge in [-0.25, -0.2) is 4.79 Å². The van der Waals surface area contributed by atoms with E-state index >= 15 is 0 Å². The molecule has 0 amide bonds. The van der Waals surface area contributed by atoms with E-state index in [2.05, 4.69) is 20.7 Å². The summed E-state index contributed by atoms with van der Waals surface area (Å²) in [6.45, 7) is 0. The number of carbonyl (C=O) groups is 2. The summed E-state index contributed by atoms with van der Waals surface area (Å²) in [6.07, 6.45) is -0.0464. The molecule has 0 aromatic heterocycles. The van der Waals surface area contributed by atoms with Crippen LogP contribution >= 0.6 is 15.9 Å². The van der Waals surface area contributed by atoms with E-state index in [1.807, 2.05) is 0 Å². The van der Waals surface area contributed by atoms with E-state index in [1.54, 1.807) is 18.2 Å². The van der Waals surface area contributed by atoms with Crippen molar-refractivity contribution >= 4 is 27.7 Å². The number of ether oxygens (including phenoxy) is 1. The van der Waals surface area contributed by atoms with Crippen molar-refractivity contribution < 1.29 is 19.4 Å². The molecule has 0 bridgehead atoms. The van der Waals surface area contributed by atoms with Gasteiger partial charge >= 0.3 is 5.97 Å². The van der Waals surface area contributed by atoms with Gasteiger partial charge in [0.15, 0.2) is 0 Å². The maximum atomic E-state index is 11.9. The van der Waals surface area contributed by atoms with Crippen molar-refractivity contribution in [3.05, 3.63) is 33.8 Å². The summed E-state index contributed by atoms with van der Waals surface area (Å²) < 4.78 is 5.16. The number of aliphatic hydroxyl groups is 1. The summed E-state index contributed by atoms with van der Waals surface area (Å²) in [7, 11) is 1.14. The highest BCUT2D eigenvalue weighted by Crippen LogP contribution is 2.35. The average Bonchev–Trinajstić information content (AvgIpc) is 2.54. The zero-order chi connectivity index (χ0) is 11.9. The Balaban J connectivity index is 2.53. The van der Waals surface area contributed by atoms with Crippen molar-refractivity contribution in [3.63, 3.8) is 0 Å². The maximum absolute atomic E-state index is 11.9. The van der Waals surface area contributed by atoms with Crippen molar-refractivity contribution in [1.82, 2.24) is 0 Å². The van der Waals surface area contributed by atoms with E-state index in [4.69, 9.17) is 0 Å². The molecule has 0 unspecified atom stereocenters. The lowest BCUT2D eigenvalue weighted by Crippen LogP contribution is -2.45. The Labute approximate surface area is 100 Å². The molecule has 2 rings (SSSR count). The van der Waals surface area contributed by atoms with E-state index in [0.29, 0.717) is 15.6 Å². The minimum Gasteiger partial charge on any atom is -0.467 e. The summed E-state index contributed by atoms with van der Waals surface area (Å²) in [5.74, 6) is -1.52. The highest BCUT2D eigenvalue weighted by atomic mass is 79.9. The van der Waals surface area contributed by atoms with Crippen molar-refractivity contribution in [2.45, 2.75) is 12.0 Å². The second kappa shape index (κ2) is 3.68. The molecular weight excluding hydrogens is 276 g/mol. The second-order valence-corrected chi connectivity index (χ2v) is 4.48. The summed E-state index contributed by atoms with van der Waals surface area (Å²) in [5.41, 5.74) is -1.07. The molecule has 0 aliphatic heterocycles. The molecule has 1 aromatic carbocycles. The van der Waals surface area contributed by atoms with Crippen molar-refractivity contribution in [2.75, 3.05) is 7.11 Å². The van der Waals surface area contributed by atoms with Gasteiger partial charge in [0.05, 0.1) is 7.11 Å². The Hall–Kier alpha value is -1.20. The van der Waals surface area contributed by atoms with Crippen LogP contribution in [0.3, 0.4) is 0 Å². The normalized spacial score (nSPS) is 23.1. The smallest absolute Gasteiger partial charge is 0.346 e. The van der Waals surface area contributed by atoms with Crippen LogP contribution in [0.15, 0.2) is 22.7 Å². The number of fused-ring (bicyclic) bond motifs is 1. The molecular formula is C11H9BrO4. The number of carbonyl (C=O) groups excluding carboxylic acids is 2. The Morgan fingerprint density at radius 2 is 2.25 bits per heavy atom. The number of rotatable bonds is 1. The molecule has 0 fully saturated rings. The fourth-order valence-corrected chi connectivity index (χ4v) is 2.35. The average molecular weight is 285 g/mol. The minimum atomic E-state index is -2.07. The zero-order valence-electron chi connectivity index (χ0n) is 8.49. The number of hydrogen-bond acceptors (Lipinski definition) is 4. The van der Waals surface area contributed by atoms with Gasteiger partial charge in [0, 0.05) is 16.5 Å². The van der Waals surface area contributed by atoms with Crippen LogP contribution in [0.1, 0.15) is 15.9 Å². The number of halogens is 1. The van der Waals surface area contributed by atoms with Crippen LogP contribution in [0.5, 0.6) is 0 Å². The Morgan fingerprint density at radius 1 is 1.56 bits per heavy atom. The van der Waals surface area contributed by atoms with E-state index in [1.165, 1.54) is 0 Å². The van der Waals surface area contributed by atoms with Crippen LogP contribution in [0, 0.1) is 0 Å². The Kier molecular flexibility index (Phi) is 2.59. The largest absolute Gasteiger partial charge is 0.467 e. The molecule has 0 saturated carbocycles. The van der Waals surface area contributed by atoms with Crippen LogP contribution < -0.4 is 0 Å². The SMILES string of the molecule is COC(=O)[C@@]1(O)Cc2c(Br)cccc2C1=O. The number of esters is 1. The third-order valence-electron chi connectivity index (χ3n) is 2.69. The molecule has 5 heteroatoms. The topological polar surface area (TPSA) is 63.6 Å². The number of benzene rings is 1. The molecule has 1 N–H and O–H groups in total. The highest BCUT2D eigenvalue weighted by molar-refractivity contribution is 9.10. The quantitative estimate of drug-likeness (QED) is 0.619. The van der Waals surface area contributed by atoms with Crippen LogP contribution in [0.25, 0.3) is 0 Å². The Morgan fingerprint density at radius 3 is 2.81 bits per heavy atom. The molecule has 1 aliphatic rings. The molecule has 16 heavy (non-hydrogen) atoms. The van der Waals surface area contributed by atoms with Gasteiger partial charge in [0.2, 0.25) is 11.4 Å².